The van der Waals surface area contributed by atoms with Gasteiger partial charge in [0.1, 0.15) is 0 Å². The Morgan fingerprint density at radius 2 is 1.71 bits per heavy atom. The number of hydrogen-bond acceptors (Lipinski definition) is 3. The molecule has 1 aromatic carbocycles. The van der Waals surface area contributed by atoms with Gasteiger partial charge in [0.15, 0.2) is 0 Å². The van der Waals surface area contributed by atoms with Crippen LogP contribution in [0, 0.1) is 0 Å². The standard InChI is InChI=1S/C8H8N2O4/c11-7(10-14)5-1-3-6(4-2-5)9-8(12)13/h1-4,9,14H,(H,10,11)(H,12,13). The summed E-state index contributed by atoms with van der Waals surface area (Å²) in [6, 6.07) is 5.60. The maximum absolute atomic E-state index is 10.8. The molecule has 0 spiro atoms. The van der Waals surface area contributed by atoms with Crippen LogP contribution in [0.15, 0.2) is 24.3 Å². The lowest BCUT2D eigenvalue weighted by Gasteiger charge is -2.01. The zero-order valence-corrected chi connectivity index (χ0v) is 7.02. The number of benzene rings is 1. The van der Waals surface area contributed by atoms with Crippen molar-refractivity contribution >= 4 is 17.7 Å². The molecule has 0 fully saturated rings. The third-order valence-electron chi connectivity index (χ3n) is 1.50. The van der Waals surface area contributed by atoms with Crippen LogP contribution in [-0.4, -0.2) is 22.3 Å². The summed E-state index contributed by atoms with van der Waals surface area (Å²) < 4.78 is 0. The molecule has 4 N–H and O–H groups in total. The van der Waals surface area contributed by atoms with Crippen LogP contribution in [0.3, 0.4) is 0 Å². The molecule has 0 aliphatic carbocycles. The van der Waals surface area contributed by atoms with Gasteiger partial charge in [0, 0.05) is 11.3 Å². The first-order chi connectivity index (χ1) is 6.63. The van der Waals surface area contributed by atoms with Gasteiger partial charge in [-0.25, -0.2) is 10.3 Å². The summed E-state index contributed by atoms with van der Waals surface area (Å²) in [5.41, 5.74) is 2.06. The third-order valence-corrected chi connectivity index (χ3v) is 1.50. The van der Waals surface area contributed by atoms with Crippen molar-refractivity contribution in [2.45, 2.75) is 0 Å². The lowest BCUT2D eigenvalue weighted by molar-refractivity contribution is 0.0706. The number of nitrogens with one attached hydrogen (secondary N) is 2. The molecule has 0 aromatic heterocycles. The average molecular weight is 196 g/mol. The van der Waals surface area contributed by atoms with Crippen LogP contribution < -0.4 is 10.8 Å². The van der Waals surface area contributed by atoms with Gasteiger partial charge in [-0.3, -0.25) is 15.3 Å². The minimum Gasteiger partial charge on any atom is -0.465 e. The first-order valence-electron chi connectivity index (χ1n) is 3.68. The van der Waals surface area contributed by atoms with Gasteiger partial charge in [-0.1, -0.05) is 0 Å². The summed E-state index contributed by atoms with van der Waals surface area (Å²) in [6.45, 7) is 0. The van der Waals surface area contributed by atoms with Gasteiger partial charge >= 0.3 is 6.09 Å². The van der Waals surface area contributed by atoms with E-state index >= 15 is 0 Å². The Kier molecular flexibility index (Phi) is 3.03. The minimum absolute atomic E-state index is 0.239. The number of amides is 2. The zero-order chi connectivity index (χ0) is 10.6. The zero-order valence-electron chi connectivity index (χ0n) is 7.02. The summed E-state index contributed by atoms with van der Waals surface area (Å²) in [5.74, 6) is -0.646. The van der Waals surface area contributed by atoms with Crippen LogP contribution in [0.25, 0.3) is 0 Å². The van der Waals surface area contributed by atoms with E-state index in [0.717, 1.165) is 0 Å². The summed E-state index contributed by atoms with van der Waals surface area (Å²) in [7, 11) is 0. The van der Waals surface area contributed by atoms with Gasteiger partial charge in [-0.2, -0.15) is 0 Å². The van der Waals surface area contributed by atoms with Gasteiger partial charge in [-0.15, -0.1) is 0 Å². The molecule has 0 unspecified atom stereocenters. The molecule has 6 heteroatoms. The topological polar surface area (TPSA) is 98.7 Å². The first-order valence-corrected chi connectivity index (χ1v) is 3.68. The maximum atomic E-state index is 10.8. The molecule has 6 nitrogen and oxygen atoms in total. The van der Waals surface area contributed by atoms with Crippen LogP contribution in [0.1, 0.15) is 10.4 Å². The van der Waals surface area contributed by atoms with Crippen molar-refractivity contribution in [3.63, 3.8) is 0 Å². The molecule has 2 amide bonds. The second-order valence-electron chi connectivity index (χ2n) is 2.45. The van der Waals surface area contributed by atoms with E-state index in [4.69, 9.17) is 10.3 Å². The fraction of sp³-hybridized carbons (Fsp3) is 0. The van der Waals surface area contributed by atoms with E-state index in [9.17, 15) is 9.59 Å². The third kappa shape index (κ3) is 2.46. The lowest BCUT2D eigenvalue weighted by Crippen LogP contribution is -2.18. The number of carbonyl (C=O) groups is 2. The molecule has 0 heterocycles. The van der Waals surface area contributed by atoms with Gasteiger partial charge in [0.05, 0.1) is 0 Å². The number of carboxylic acid groups (broad SMARTS) is 1. The Labute approximate surface area is 79.1 Å². The quantitative estimate of drug-likeness (QED) is 0.417. The number of hydrogen-bond donors (Lipinski definition) is 4. The number of rotatable bonds is 2. The molecule has 0 radical (unpaired) electrons. The highest BCUT2D eigenvalue weighted by molar-refractivity contribution is 5.94. The smallest absolute Gasteiger partial charge is 0.409 e. The molecule has 0 aliphatic rings. The summed E-state index contributed by atoms with van der Waals surface area (Å²) in [6.07, 6.45) is -1.18. The second kappa shape index (κ2) is 4.24. The molecule has 1 aromatic rings. The first kappa shape index (κ1) is 10.0. The van der Waals surface area contributed by atoms with Gasteiger partial charge < -0.3 is 5.11 Å². The number of anilines is 1. The molecule has 0 bridgehead atoms. The van der Waals surface area contributed by atoms with Crippen molar-refractivity contribution in [3.8, 4) is 0 Å². The van der Waals surface area contributed by atoms with Crippen LogP contribution in [-0.2, 0) is 0 Å². The van der Waals surface area contributed by atoms with Crippen molar-refractivity contribution in [1.29, 1.82) is 0 Å². The van der Waals surface area contributed by atoms with E-state index in [1.54, 1.807) is 0 Å². The molecule has 0 saturated heterocycles. The molecule has 0 saturated carbocycles. The Morgan fingerprint density at radius 3 is 2.14 bits per heavy atom. The predicted octanol–water partition coefficient (Wildman–Crippen LogP) is 0.895. The molecular weight excluding hydrogens is 188 g/mol. The van der Waals surface area contributed by atoms with E-state index in [-0.39, 0.29) is 5.56 Å². The number of hydroxylamine groups is 1. The Balaban J connectivity index is 2.78. The Morgan fingerprint density at radius 1 is 1.14 bits per heavy atom. The van der Waals surface area contributed by atoms with Crippen molar-refractivity contribution in [2.75, 3.05) is 5.32 Å². The summed E-state index contributed by atoms with van der Waals surface area (Å²) >= 11 is 0. The number of carbonyl (C=O) groups excluding carboxylic acids is 1. The highest BCUT2D eigenvalue weighted by Crippen LogP contribution is 2.08. The monoisotopic (exact) mass is 196 g/mol. The lowest BCUT2D eigenvalue weighted by atomic mass is 10.2. The van der Waals surface area contributed by atoms with E-state index in [2.05, 4.69) is 5.32 Å². The van der Waals surface area contributed by atoms with E-state index in [1.807, 2.05) is 0 Å². The molecule has 0 atom stereocenters. The van der Waals surface area contributed by atoms with Crippen LogP contribution >= 0.6 is 0 Å². The molecule has 1 rings (SSSR count). The fourth-order valence-electron chi connectivity index (χ4n) is 0.893. The molecule has 74 valence electrons. The van der Waals surface area contributed by atoms with E-state index in [0.29, 0.717) is 5.69 Å². The van der Waals surface area contributed by atoms with Gasteiger partial charge in [-0.05, 0) is 24.3 Å². The van der Waals surface area contributed by atoms with E-state index in [1.165, 1.54) is 29.7 Å². The summed E-state index contributed by atoms with van der Waals surface area (Å²) in [4.78, 5) is 21.1. The Hall–Kier alpha value is -2.08. The van der Waals surface area contributed by atoms with Gasteiger partial charge in [0.25, 0.3) is 5.91 Å². The maximum Gasteiger partial charge on any atom is 0.409 e. The van der Waals surface area contributed by atoms with Crippen molar-refractivity contribution in [2.24, 2.45) is 0 Å². The summed E-state index contributed by atoms with van der Waals surface area (Å²) in [5, 5.41) is 18.8. The van der Waals surface area contributed by atoms with Gasteiger partial charge in [0.2, 0.25) is 0 Å². The molecular formula is C8H8N2O4. The highest BCUT2D eigenvalue weighted by atomic mass is 16.5. The predicted molar refractivity (Wildman–Crippen MR) is 47.3 cm³/mol. The minimum atomic E-state index is -1.18. The molecule has 14 heavy (non-hydrogen) atoms. The van der Waals surface area contributed by atoms with Crippen LogP contribution in [0.4, 0.5) is 10.5 Å². The second-order valence-corrected chi connectivity index (χ2v) is 2.45. The van der Waals surface area contributed by atoms with Crippen LogP contribution in [0.5, 0.6) is 0 Å². The average Bonchev–Trinajstić information content (AvgIpc) is 2.17. The SMILES string of the molecule is O=C(O)Nc1ccc(C(=O)NO)cc1. The van der Waals surface area contributed by atoms with Crippen molar-refractivity contribution in [1.82, 2.24) is 5.48 Å². The van der Waals surface area contributed by atoms with Crippen LogP contribution in [0.2, 0.25) is 0 Å². The normalized spacial score (nSPS) is 9.21. The van der Waals surface area contributed by atoms with E-state index < -0.39 is 12.0 Å². The highest BCUT2D eigenvalue weighted by Gasteiger charge is 2.03. The largest absolute Gasteiger partial charge is 0.465 e. The Bertz CT molecular complexity index is 347. The molecule has 0 aliphatic heterocycles. The fourth-order valence-corrected chi connectivity index (χ4v) is 0.893. The van der Waals surface area contributed by atoms with Crippen molar-refractivity contribution < 1.29 is 19.9 Å². The van der Waals surface area contributed by atoms with Crippen molar-refractivity contribution in [3.05, 3.63) is 29.8 Å².